The Hall–Kier alpha value is -3.79. The van der Waals surface area contributed by atoms with Crippen molar-refractivity contribution >= 4 is 47.5 Å². The summed E-state index contributed by atoms with van der Waals surface area (Å²) >= 11 is 5.66. The van der Waals surface area contributed by atoms with Gasteiger partial charge in [-0.25, -0.2) is 9.59 Å². The molecule has 0 saturated heterocycles. The first kappa shape index (κ1) is 23.5. The lowest BCUT2D eigenvalue weighted by Crippen LogP contribution is -2.23. The SMILES string of the molecule is CCOC(=O)/C(C=NC(/C=N\Nc1ccc(Cl)nn1)C(=O)OC)=C(/O)c1ccccc1. The number of halogens is 1. The van der Waals surface area contributed by atoms with Gasteiger partial charge in [-0.15, -0.1) is 10.2 Å². The number of methoxy groups -OCH3 is 1. The Balaban J connectivity index is 2.29. The van der Waals surface area contributed by atoms with Crippen LogP contribution in [0.2, 0.25) is 5.15 Å². The maximum absolute atomic E-state index is 12.3. The molecule has 1 heterocycles. The molecule has 162 valence electrons. The predicted molar refractivity (Wildman–Crippen MR) is 116 cm³/mol. The van der Waals surface area contributed by atoms with Crippen LogP contribution < -0.4 is 5.43 Å². The van der Waals surface area contributed by atoms with Crippen LogP contribution >= 0.6 is 11.6 Å². The molecule has 31 heavy (non-hydrogen) atoms. The molecule has 2 aromatic rings. The number of esters is 2. The first-order chi connectivity index (χ1) is 15.0. The number of anilines is 1. The molecule has 1 aromatic heterocycles. The smallest absolute Gasteiger partial charge is 0.343 e. The van der Waals surface area contributed by atoms with Gasteiger partial charge in [0.05, 0.1) is 19.9 Å². The second-order valence-corrected chi connectivity index (χ2v) is 6.11. The average Bonchev–Trinajstić information content (AvgIpc) is 2.79. The van der Waals surface area contributed by atoms with E-state index in [1.807, 2.05) is 0 Å². The quantitative estimate of drug-likeness (QED) is 0.198. The molecule has 2 rings (SSSR count). The maximum Gasteiger partial charge on any atom is 0.343 e. The van der Waals surface area contributed by atoms with Crippen molar-refractivity contribution in [3.63, 3.8) is 0 Å². The van der Waals surface area contributed by atoms with E-state index in [2.05, 4.69) is 25.7 Å². The van der Waals surface area contributed by atoms with Crippen LogP contribution in [0.25, 0.3) is 5.76 Å². The molecule has 2 N–H and O–H groups in total. The van der Waals surface area contributed by atoms with E-state index in [4.69, 9.17) is 21.1 Å². The van der Waals surface area contributed by atoms with Gasteiger partial charge < -0.3 is 14.6 Å². The average molecular weight is 446 g/mol. The van der Waals surface area contributed by atoms with Gasteiger partial charge in [0.15, 0.2) is 17.0 Å². The van der Waals surface area contributed by atoms with Crippen LogP contribution in [-0.4, -0.2) is 59.4 Å². The second kappa shape index (κ2) is 12.0. The van der Waals surface area contributed by atoms with Crippen molar-refractivity contribution in [1.29, 1.82) is 0 Å². The molecule has 0 amide bonds. The number of aliphatic hydroxyl groups excluding tert-OH is 1. The largest absolute Gasteiger partial charge is 0.506 e. The van der Waals surface area contributed by atoms with Gasteiger partial charge in [-0.2, -0.15) is 5.10 Å². The fourth-order valence-electron chi connectivity index (χ4n) is 2.16. The number of nitrogens with one attached hydrogen (secondary N) is 1. The molecule has 0 aliphatic heterocycles. The molecule has 1 unspecified atom stereocenters. The van der Waals surface area contributed by atoms with Crippen molar-refractivity contribution in [2.24, 2.45) is 10.1 Å². The van der Waals surface area contributed by atoms with E-state index in [0.29, 0.717) is 5.56 Å². The Morgan fingerprint density at radius 2 is 1.97 bits per heavy atom. The topological polar surface area (TPSA) is 135 Å². The molecular formula is C20H20ClN5O5. The Morgan fingerprint density at radius 3 is 2.58 bits per heavy atom. The standard InChI is InChI=1S/C20H20ClN5O5/c1-3-31-19(28)14(18(27)13-7-5-4-6-8-13)11-22-15(20(29)30-2)12-23-25-17-10-9-16(21)24-26-17/h4-12,15,27H,3H2,1-2H3,(H,25,26)/b18-14+,22-11?,23-12-. The summed E-state index contributed by atoms with van der Waals surface area (Å²) < 4.78 is 9.68. The Kier molecular flexibility index (Phi) is 9.12. The normalized spacial score (nSPS) is 13.0. The molecule has 10 nitrogen and oxygen atoms in total. The van der Waals surface area contributed by atoms with Crippen LogP contribution in [-0.2, 0) is 19.1 Å². The molecule has 11 heteroatoms. The van der Waals surface area contributed by atoms with E-state index in [-0.39, 0.29) is 28.9 Å². The number of hydrazone groups is 1. The summed E-state index contributed by atoms with van der Waals surface area (Å²) in [6, 6.07) is 10.2. The van der Waals surface area contributed by atoms with E-state index < -0.39 is 18.0 Å². The highest BCUT2D eigenvalue weighted by Crippen LogP contribution is 2.16. The van der Waals surface area contributed by atoms with Gasteiger partial charge in [-0.1, -0.05) is 41.9 Å². The summed E-state index contributed by atoms with van der Waals surface area (Å²) in [5.74, 6) is -1.62. The number of aliphatic hydroxyl groups is 1. The third-order valence-corrected chi connectivity index (χ3v) is 3.83. The molecule has 0 aliphatic rings. The number of aromatic nitrogens is 2. The minimum Gasteiger partial charge on any atom is -0.506 e. The zero-order chi connectivity index (χ0) is 22.6. The molecule has 0 aliphatic carbocycles. The minimum absolute atomic E-state index is 0.0895. The Bertz CT molecular complexity index is 977. The Morgan fingerprint density at radius 1 is 1.23 bits per heavy atom. The third-order valence-electron chi connectivity index (χ3n) is 3.63. The summed E-state index contributed by atoms with van der Waals surface area (Å²) in [6.07, 6.45) is 2.18. The highest BCUT2D eigenvalue weighted by Gasteiger charge is 2.19. The van der Waals surface area contributed by atoms with Gasteiger partial charge in [0.2, 0.25) is 0 Å². The third kappa shape index (κ3) is 7.19. The number of ether oxygens (including phenoxy) is 2. The number of nitrogens with zero attached hydrogens (tertiary/aromatic N) is 4. The van der Waals surface area contributed by atoms with E-state index >= 15 is 0 Å². The van der Waals surface area contributed by atoms with Crippen LogP contribution in [0.5, 0.6) is 0 Å². The zero-order valence-corrected chi connectivity index (χ0v) is 17.5. The maximum atomic E-state index is 12.3. The van der Waals surface area contributed by atoms with Gasteiger partial charge in [0.1, 0.15) is 11.3 Å². The lowest BCUT2D eigenvalue weighted by atomic mass is 10.1. The minimum atomic E-state index is -1.22. The first-order valence-electron chi connectivity index (χ1n) is 9.01. The van der Waals surface area contributed by atoms with E-state index in [1.165, 1.54) is 19.2 Å². The number of carbonyl (C=O) groups excluding carboxylic acids is 2. The number of benzene rings is 1. The van der Waals surface area contributed by atoms with Crippen molar-refractivity contribution in [2.75, 3.05) is 19.1 Å². The number of rotatable bonds is 9. The summed E-state index contributed by atoms with van der Waals surface area (Å²) in [7, 11) is 1.18. The van der Waals surface area contributed by atoms with Crippen LogP contribution in [0.3, 0.4) is 0 Å². The van der Waals surface area contributed by atoms with Gasteiger partial charge >= 0.3 is 11.9 Å². The van der Waals surface area contributed by atoms with E-state index in [1.54, 1.807) is 37.3 Å². The molecule has 0 radical (unpaired) electrons. The molecular weight excluding hydrogens is 426 g/mol. The van der Waals surface area contributed by atoms with E-state index in [0.717, 1.165) is 12.4 Å². The molecule has 1 atom stereocenters. The molecule has 0 saturated carbocycles. The van der Waals surface area contributed by atoms with Crippen molar-refractivity contribution in [3.8, 4) is 0 Å². The van der Waals surface area contributed by atoms with E-state index in [9.17, 15) is 14.7 Å². The fourth-order valence-corrected chi connectivity index (χ4v) is 2.26. The van der Waals surface area contributed by atoms with Crippen LogP contribution in [0.15, 0.2) is 58.1 Å². The molecule has 0 fully saturated rings. The summed E-state index contributed by atoms with van der Waals surface area (Å²) in [5.41, 5.74) is 2.71. The number of carbonyl (C=O) groups is 2. The monoisotopic (exact) mass is 445 g/mol. The van der Waals surface area contributed by atoms with Gasteiger partial charge in [0, 0.05) is 11.8 Å². The summed E-state index contributed by atoms with van der Waals surface area (Å²) in [4.78, 5) is 28.4. The van der Waals surface area contributed by atoms with Gasteiger partial charge in [0.25, 0.3) is 0 Å². The summed E-state index contributed by atoms with van der Waals surface area (Å²) in [6.45, 7) is 1.72. The number of hydrogen-bond acceptors (Lipinski definition) is 10. The van der Waals surface area contributed by atoms with Crippen LogP contribution in [0.1, 0.15) is 12.5 Å². The lowest BCUT2D eigenvalue weighted by molar-refractivity contribution is -0.140. The first-order valence-corrected chi connectivity index (χ1v) is 9.39. The van der Waals surface area contributed by atoms with Crippen molar-refractivity contribution in [2.45, 2.75) is 13.0 Å². The van der Waals surface area contributed by atoms with Gasteiger partial charge in [-0.05, 0) is 19.1 Å². The van der Waals surface area contributed by atoms with Gasteiger partial charge in [-0.3, -0.25) is 10.4 Å². The highest BCUT2D eigenvalue weighted by molar-refractivity contribution is 6.29. The number of aliphatic imine (C=N–C) groups is 1. The number of hydrogen-bond donors (Lipinski definition) is 2. The van der Waals surface area contributed by atoms with Crippen molar-refractivity contribution in [1.82, 2.24) is 10.2 Å². The predicted octanol–water partition coefficient (Wildman–Crippen LogP) is 2.67. The van der Waals surface area contributed by atoms with Crippen molar-refractivity contribution < 1.29 is 24.2 Å². The van der Waals surface area contributed by atoms with Crippen LogP contribution in [0.4, 0.5) is 5.82 Å². The van der Waals surface area contributed by atoms with Crippen molar-refractivity contribution in [3.05, 3.63) is 58.8 Å². The molecule has 1 aromatic carbocycles. The molecule has 0 spiro atoms. The molecule has 0 bridgehead atoms. The van der Waals surface area contributed by atoms with Crippen LogP contribution in [0, 0.1) is 0 Å². The zero-order valence-electron chi connectivity index (χ0n) is 16.7. The second-order valence-electron chi connectivity index (χ2n) is 5.73. The Labute approximate surface area is 183 Å². The highest BCUT2D eigenvalue weighted by atomic mass is 35.5. The lowest BCUT2D eigenvalue weighted by Gasteiger charge is -2.08. The summed E-state index contributed by atoms with van der Waals surface area (Å²) in [5, 5.41) is 22.0. The fraction of sp³-hybridized carbons (Fsp3) is 0.200.